The van der Waals surface area contributed by atoms with Gasteiger partial charge in [0.1, 0.15) is 5.75 Å². The summed E-state index contributed by atoms with van der Waals surface area (Å²) in [6, 6.07) is 4.33. The Labute approximate surface area is 189 Å². The number of aromatic hydroxyl groups is 1. The monoisotopic (exact) mass is 416 g/mol. The molecule has 0 aliphatic rings. The number of benzene rings is 1. The van der Waals surface area contributed by atoms with Crippen LogP contribution in [0.4, 0.5) is 0 Å². The predicted molar refractivity (Wildman–Crippen MR) is 135 cm³/mol. The first-order valence-electron chi connectivity index (χ1n) is 12.9. The van der Waals surface area contributed by atoms with Gasteiger partial charge in [-0.15, -0.1) is 0 Å². The van der Waals surface area contributed by atoms with E-state index in [0.29, 0.717) is 5.75 Å². The van der Waals surface area contributed by atoms with E-state index in [9.17, 15) is 5.11 Å². The van der Waals surface area contributed by atoms with Crippen LogP contribution in [0, 0.1) is 0 Å². The molecular formula is C29H52O. The van der Waals surface area contributed by atoms with Crippen LogP contribution < -0.4 is 0 Å². The number of unbranched alkanes of at least 4 members (excludes halogenated alkanes) is 12. The molecule has 0 spiro atoms. The van der Waals surface area contributed by atoms with E-state index in [4.69, 9.17) is 0 Å². The molecule has 30 heavy (non-hydrogen) atoms. The molecular weight excluding hydrogens is 364 g/mol. The lowest BCUT2D eigenvalue weighted by molar-refractivity contribution is 0.443. The van der Waals surface area contributed by atoms with Gasteiger partial charge in [0.05, 0.1) is 0 Å². The van der Waals surface area contributed by atoms with Crippen LogP contribution in [-0.2, 0) is 17.3 Å². The van der Waals surface area contributed by atoms with Gasteiger partial charge in [0.25, 0.3) is 0 Å². The zero-order chi connectivity index (χ0) is 22.6. The molecule has 1 aromatic carbocycles. The Morgan fingerprint density at radius 3 is 1.37 bits per heavy atom. The molecule has 1 aromatic rings. The average Bonchev–Trinajstić information content (AvgIpc) is 2.63. The van der Waals surface area contributed by atoms with Gasteiger partial charge in [0.15, 0.2) is 0 Å². The molecule has 0 bridgehead atoms. The van der Waals surface area contributed by atoms with E-state index in [0.717, 1.165) is 12.0 Å². The maximum atomic E-state index is 10.6. The third-order valence-corrected chi connectivity index (χ3v) is 6.39. The fourth-order valence-corrected chi connectivity index (χ4v) is 4.47. The minimum atomic E-state index is -0.0296. The number of aryl methyl sites for hydroxylation is 1. The van der Waals surface area contributed by atoms with Gasteiger partial charge in [-0.05, 0) is 46.4 Å². The van der Waals surface area contributed by atoms with Crippen molar-refractivity contribution < 1.29 is 5.11 Å². The predicted octanol–water partition coefficient (Wildman–Crippen LogP) is 9.62. The zero-order valence-electron chi connectivity index (χ0n) is 21.5. The van der Waals surface area contributed by atoms with E-state index in [1.165, 1.54) is 94.6 Å². The van der Waals surface area contributed by atoms with E-state index >= 15 is 0 Å². The topological polar surface area (TPSA) is 20.2 Å². The van der Waals surface area contributed by atoms with Gasteiger partial charge in [-0.25, -0.2) is 0 Å². The van der Waals surface area contributed by atoms with Crippen molar-refractivity contribution in [3.63, 3.8) is 0 Å². The first-order chi connectivity index (χ1) is 14.1. The summed E-state index contributed by atoms with van der Waals surface area (Å²) in [5.74, 6) is 0.472. The molecule has 0 fully saturated rings. The SMILES string of the molecule is CCCCCCCCCCCCCCCc1cc(O)c(C(C)(C)C)cc1C(C)(C)C. The maximum absolute atomic E-state index is 10.6. The smallest absolute Gasteiger partial charge is 0.119 e. The van der Waals surface area contributed by atoms with Gasteiger partial charge in [0.2, 0.25) is 0 Å². The van der Waals surface area contributed by atoms with Crippen molar-refractivity contribution in [1.29, 1.82) is 0 Å². The maximum Gasteiger partial charge on any atom is 0.119 e. The molecule has 1 nitrogen and oxygen atoms in total. The van der Waals surface area contributed by atoms with Crippen LogP contribution >= 0.6 is 0 Å². The summed E-state index contributed by atoms with van der Waals surface area (Å²) in [5.41, 5.74) is 3.90. The Balaban J connectivity index is 2.34. The Morgan fingerprint density at radius 1 is 0.567 bits per heavy atom. The van der Waals surface area contributed by atoms with Crippen LogP contribution in [0.1, 0.15) is 149 Å². The molecule has 0 radical (unpaired) electrons. The minimum Gasteiger partial charge on any atom is -0.508 e. The quantitative estimate of drug-likeness (QED) is 0.299. The Kier molecular flexibility index (Phi) is 12.1. The first kappa shape index (κ1) is 27.1. The minimum absolute atomic E-state index is 0.0296. The van der Waals surface area contributed by atoms with E-state index in [-0.39, 0.29) is 10.8 Å². The van der Waals surface area contributed by atoms with Gasteiger partial charge in [-0.1, -0.05) is 132 Å². The summed E-state index contributed by atoms with van der Waals surface area (Å²) >= 11 is 0. The second kappa shape index (κ2) is 13.4. The number of phenolic OH excluding ortho intramolecular Hbond substituents is 1. The van der Waals surface area contributed by atoms with Gasteiger partial charge in [-0.2, -0.15) is 0 Å². The van der Waals surface area contributed by atoms with Crippen LogP contribution in [0.2, 0.25) is 0 Å². The van der Waals surface area contributed by atoms with Gasteiger partial charge in [0, 0.05) is 0 Å². The highest BCUT2D eigenvalue weighted by Gasteiger charge is 2.25. The van der Waals surface area contributed by atoms with E-state index < -0.39 is 0 Å². The van der Waals surface area contributed by atoms with Crippen molar-refractivity contribution in [3.8, 4) is 5.75 Å². The van der Waals surface area contributed by atoms with Crippen LogP contribution in [0.15, 0.2) is 12.1 Å². The zero-order valence-corrected chi connectivity index (χ0v) is 21.5. The molecule has 174 valence electrons. The second-order valence-corrected chi connectivity index (χ2v) is 11.5. The summed E-state index contributed by atoms with van der Waals surface area (Å²) in [6.45, 7) is 15.7. The van der Waals surface area contributed by atoms with Gasteiger partial charge >= 0.3 is 0 Å². The summed E-state index contributed by atoms with van der Waals surface area (Å²) in [4.78, 5) is 0. The summed E-state index contributed by atoms with van der Waals surface area (Å²) in [6.07, 6.45) is 19.1. The lowest BCUT2D eigenvalue weighted by Crippen LogP contribution is -2.18. The third-order valence-electron chi connectivity index (χ3n) is 6.39. The fourth-order valence-electron chi connectivity index (χ4n) is 4.47. The Morgan fingerprint density at radius 2 is 0.967 bits per heavy atom. The van der Waals surface area contributed by atoms with Crippen LogP contribution in [0.5, 0.6) is 5.75 Å². The van der Waals surface area contributed by atoms with Gasteiger partial charge in [-0.3, -0.25) is 0 Å². The molecule has 1 heteroatoms. The molecule has 0 unspecified atom stereocenters. The van der Waals surface area contributed by atoms with E-state index in [1.54, 1.807) is 0 Å². The second-order valence-electron chi connectivity index (χ2n) is 11.5. The molecule has 1 rings (SSSR count). The molecule has 0 aliphatic heterocycles. The van der Waals surface area contributed by atoms with Gasteiger partial charge < -0.3 is 5.11 Å². The largest absolute Gasteiger partial charge is 0.508 e. The van der Waals surface area contributed by atoms with E-state index in [2.05, 4.69) is 60.6 Å². The average molecular weight is 417 g/mol. The summed E-state index contributed by atoms with van der Waals surface area (Å²) < 4.78 is 0. The summed E-state index contributed by atoms with van der Waals surface area (Å²) in [7, 11) is 0. The molecule has 0 aliphatic carbocycles. The lowest BCUT2D eigenvalue weighted by Gasteiger charge is -2.28. The Hall–Kier alpha value is -0.980. The van der Waals surface area contributed by atoms with Crippen LogP contribution in [0.25, 0.3) is 0 Å². The van der Waals surface area contributed by atoms with E-state index in [1.807, 2.05) is 0 Å². The fraction of sp³-hybridized carbons (Fsp3) is 0.793. The van der Waals surface area contributed by atoms with Crippen molar-refractivity contribution >= 4 is 0 Å². The molecule has 0 saturated heterocycles. The first-order valence-corrected chi connectivity index (χ1v) is 12.9. The summed E-state index contributed by atoms with van der Waals surface area (Å²) in [5, 5.41) is 10.6. The highest BCUT2D eigenvalue weighted by Crippen LogP contribution is 2.37. The molecule has 1 N–H and O–H groups in total. The number of phenols is 1. The molecule has 0 aromatic heterocycles. The van der Waals surface area contributed by atoms with Crippen molar-refractivity contribution in [2.24, 2.45) is 0 Å². The normalized spacial score (nSPS) is 12.5. The lowest BCUT2D eigenvalue weighted by atomic mass is 9.77. The highest BCUT2D eigenvalue weighted by molar-refractivity contribution is 5.47. The van der Waals surface area contributed by atoms with Crippen molar-refractivity contribution in [2.75, 3.05) is 0 Å². The van der Waals surface area contributed by atoms with Crippen LogP contribution in [0.3, 0.4) is 0 Å². The number of hydrogen-bond donors (Lipinski definition) is 1. The number of rotatable bonds is 14. The Bertz CT molecular complexity index is 586. The molecule has 0 amide bonds. The van der Waals surface area contributed by atoms with Crippen LogP contribution in [-0.4, -0.2) is 5.11 Å². The van der Waals surface area contributed by atoms with Crippen molar-refractivity contribution in [3.05, 3.63) is 28.8 Å². The van der Waals surface area contributed by atoms with Crippen molar-refractivity contribution in [2.45, 2.75) is 149 Å². The molecule has 0 heterocycles. The molecule has 0 atom stereocenters. The van der Waals surface area contributed by atoms with Crippen molar-refractivity contribution in [1.82, 2.24) is 0 Å². The third kappa shape index (κ3) is 10.4. The number of hydrogen-bond acceptors (Lipinski definition) is 1. The standard InChI is InChI=1S/C29H52O/c1-8-9-10-11-12-13-14-15-16-17-18-19-20-21-24-22-27(30)26(29(5,6)7)23-25(24)28(2,3)4/h22-23,30H,8-21H2,1-7H3. The molecule has 0 saturated carbocycles. The highest BCUT2D eigenvalue weighted by atomic mass is 16.3.